The highest BCUT2D eigenvalue weighted by molar-refractivity contribution is 6.00. The summed E-state index contributed by atoms with van der Waals surface area (Å²) in [6, 6.07) is 5.73. The number of nitrogens with zero attached hydrogens (tertiary/aromatic N) is 2. The molecule has 1 aromatic rings. The van der Waals surface area contributed by atoms with Gasteiger partial charge < -0.3 is 14.4 Å². The lowest BCUT2D eigenvalue weighted by molar-refractivity contribution is -0.122. The molecule has 0 aliphatic carbocycles. The van der Waals surface area contributed by atoms with Crippen LogP contribution in [0.2, 0.25) is 0 Å². The summed E-state index contributed by atoms with van der Waals surface area (Å²) in [7, 11) is 3.24. The molecule has 1 saturated heterocycles. The molecule has 5 heteroatoms. The molecule has 4 rings (SSSR count). The zero-order chi connectivity index (χ0) is 23.4. The summed E-state index contributed by atoms with van der Waals surface area (Å²) in [5, 5.41) is 0. The summed E-state index contributed by atoms with van der Waals surface area (Å²) in [5.41, 5.74) is 5.21. The maximum atomic E-state index is 13.5. The van der Waals surface area contributed by atoms with Gasteiger partial charge in [0.25, 0.3) is 5.91 Å². The van der Waals surface area contributed by atoms with E-state index in [2.05, 4.69) is 31.0 Å². The average molecular weight is 447 g/mol. The molecule has 1 aromatic carbocycles. The Morgan fingerprint density at radius 1 is 1.03 bits per heavy atom. The first-order valence-corrected chi connectivity index (χ1v) is 11.9. The van der Waals surface area contributed by atoms with Gasteiger partial charge in [-0.05, 0) is 85.3 Å². The summed E-state index contributed by atoms with van der Waals surface area (Å²) in [6.07, 6.45) is 15.3. The first kappa shape index (κ1) is 23.1. The Labute approximate surface area is 197 Å². The van der Waals surface area contributed by atoms with Crippen LogP contribution in [0.3, 0.4) is 0 Å². The lowest BCUT2D eigenvalue weighted by Gasteiger charge is -2.35. The van der Waals surface area contributed by atoms with Crippen molar-refractivity contribution in [1.82, 2.24) is 9.80 Å². The van der Waals surface area contributed by atoms with E-state index in [0.29, 0.717) is 17.4 Å². The molecule has 0 atom stereocenters. The Hall–Kier alpha value is -3.05. The molecule has 1 fully saturated rings. The number of ether oxygens (including phenoxy) is 2. The first-order chi connectivity index (χ1) is 16.1. The number of methoxy groups -OCH3 is 2. The van der Waals surface area contributed by atoms with E-state index in [-0.39, 0.29) is 5.91 Å². The highest BCUT2D eigenvalue weighted by Gasteiger charge is 2.28. The third-order valence-electron chi connectivity index (χ3n) is 6.86. The maximum Gasteiger partial charge on any atom is 0.255 e. The SMILES string of the molecule is CCC1=CC(C2CCN(CC)CC2)=CN2C(=O)\C=C(c3ccc(OC)c(OC)c3)/C=C/C=C\12. The number of carbonyl (C=O) groups excluding carboxylic acids is 1. The van der Waals surface area contributed by atoms with Crippen LogP contribution in [-0.2, 0) is 4.79 Å². The van der Waals surface area contributed by atoms with Crippen LogP contribution in [-0.4, -0.2) is 49.6 Å². The van der Waals surface area contributed by atoms with E-state index in [1.54, 1.807) is 20.3 Å². The number of hydrogen-bond acceptors (Lipinski definition) is 4. The van der Waals surface area contributed by atoms with Crippen LogP contribution in [0.1, 0.15) is 38.7 Å². The number of rotatable bonds is 6. The summed E-state index contributed by atoms with van der Waals surface area (Å²) in [6.45, 7) is 7.73. The zero-order valence-electron chi connectivity index (χ0n) is 20.1. The normalized spacial score (nSPS) is 23.8. The summed E-state index contributed by atoms with van der Waals surface area (Å²) in [4.78, 5) is 17.8. The second-order valence-corrected chi connectivity index (χ2v) is 8.65. The smallest absolute Gasteiger partial charge is 0.255 e. The number of benzene rings is 1. The van der Waals surface area contributed by atoms with E-state index in [1.165, 1.54) is 11.1 Å². The Morgan fingerprint density at radius 3 is 2.45 bits per heavy atom. The van der Waals surface area contributed by atoms with Crippen molar-refractivity contribution in [2.75, 3.05) is 33.9 Å². The molecule has 1 amide bonds. The number of allylic oxidation sites excluding steroid dienone is 7. The van der Waals surface area contributed by atoms with Crippen LogP contribution in [0.15, 0.2) is 71.6 Å². The Kier molecular flexibility index (Phi) is 7.19. The molecule has 0 radical (unpaired) electrons. The zero-order valence-corrected chi connectivity index (χ0v) is 20.1. The molecular weight excluding hydrogens is 412 g/mol. The number of likely N-dealkylation sites (tertiary alicyclic amines) is 1. The fraction of sp³-hybridized carbons (Fsp3) is 0.393. The van der Waals surface area contributed by atoms with Gasteiger partial charge in [0, 0.05) is 12.3 Å². The van der Waals surface area contributed by atoms with Gasteiger partial charge in [-0.15, -0.1) is 0 Å². The van der Waals surface area contributed by atoms with Crippen molar-refractivity contribution in [3.63, 3.8) is 0 Å². The maximum absolute atomic E-state index is 13.5. The van der Waals surface area contributed by atoms with Gasteiger partial charge in [-0.3, -0.25) is 9.69 Å². The van der Waals surface area contributed by atoms with Gasteiger partial charge in [0.15, 0.2) is 11.5 Å². The van der Waals surface area contributed by atoms with Crippen LogP contribution in [0, 0.1) is 5.92 Å². The highest BCUT2D eigenvalue weighted by Crippen LogP contribution is 2.36. The van der Waals surface area contributed by atoms with E-state index < -0.39 is 0 Å². The molecule has 5 nitrogen and oxygen atoms in total. The monoisotopic (exact) mass is 446 g/mol. The van der Waals surface area contributed by atoms with Crippen molar-refractivity contribution < 1.29 is 14.3 Å². The van der Waals surface area contributed by atoms with Crippen LogP contribution < -0.4 is 9.47 Å². The molecule has 0 N–H and O–H groups in total. The quantitative estimate of drug-likeness (QED) is 0.592. The van der Waals surface area contributed by atoms with Crippen molar-refractivity contribution in [2.45, 2.75) is 33.1 Å². The molecule has 3 aliphatic rings. The third kappa shape index (κ3) is 4.83. The van der Waals surface area contributed by atoms with E-state index in [4.69, 9.17) is 9.47 Å². The number of carbonyl (C=O) groups is 1. The molecule has 0 saturated carbocycles. The number of hydrogen-bond donors (Lipinski definition) is 0. The average Bonchev–Trinajstić information content (AvgIpc) is 2.86. The van der Waals surface area contributed by atoms with E-state index >= 15 is 0 Å². The van der Waals surface area contributed by atoms with Crippen molar-refractivity contribution in [1.29, 1.82) is 0 Å². The molecule has 0 bridgehead atoms. The second-order valence-electron chi connectivity index (χ2n) is 8.65. The summed E-state index contributed by atoms with van der Waals surface area (Å²) < 4.78 is 10.8. The van der Waals surface area contributed by atoms with Crippen LogP contribution in [0.25, 0.3) is 5.57 Å². The third-order valence-corrected chi connectivity index (χ3v) is 6.86. The molecule has 0 unspecified atom stereocenters. The van der Waals surface area contributed by atoms with Crippen LogP contribution in [0.4, 0.5) is 0 Å². The van der Waals surface area contributed by atoms with Gasteiger partial charge >= 0.3 is 0 Å². The molecule has 0 aromatic heterocycles. The number of piperidine rings is 1. The van der Waals surface area contributed by atoms with E-state index in [0.717, 1.165) is 55.7 Å². The summed E-state index contributed by atoms with van der Waals surface area (Å²) >= 11 is 0. The minimum absolute atomic E-state index is 0.0297. The van der Waals surface area contributed by atoms with Gasteiger partial charge in [0.1, 0.15) is 0 Å². The van der Waals surface area contributed by atoms with Gasteiger partial charge in [0.05, 0.1) is 19.9 Å². The van der Waals surface area contributed by atoms with Crippen molar-refractivity contribution in [3.8, 4) is 11.5 Å². The molecule has 33 heavy (non-hydrogen) atoms. The Morgan fingerprint density at radius 2 is 1.79 bits per heavy atom. The molecule has 0 spiro atoms. The first-order valence-electron chi connectivity index (χ1n) is 11.9. The minimum Gasteiger partial charge on any atom is -0.493 e. The second kappa shape index (κ2) is 10.3. The largest absolute Gasteiger partial charge is 0.493 e. The van der Waals surface area contributed by atoms with Crippen molar-refractivity contribution >= 4 is 11.5 Å². The van der Waals surface area contributed by atoms with Crippen molar-refractivity contribution in [2.24, 2.45) is 5.92 Å². The Bertz CT molecular complexity index is 1050. The molecule has 174 valence electrons. The standard InChI is InChI=1S/C28H34N2O3/c1-5-20-16-24(21-12-14-29(6-2)15-13-21)19-30-25(20)9-7-8-22(18-28(30)31)23-10-11-26(32-3)27(17-23)33-4/h7-11,16-19,21H,5-6,12-15H2,1-4H3/b8-7+,22-18+,25-9+. The fourth-order valence-electron chi connectivity index (χ4n) is 4.83. The fourth-order valence-corrected chi connectivity index (χ4v) is 4.83. The lowest BCUT2D eigenvalue weighted by atomic mass is 9.85. The van der Waals surface area contributed by atoms with Gasteiger partial charge in [-0.1, -0.05) is 38.1 Å². The number of fused-ring (bicyclic) bond motifs is 1. The van der Waals surface area contributed by atoms with Crippen LogP contribution >= 0.6 is 0 Å². The van der Waals surface area contributed by atoms with Gasteiger partial charge in [-0.25, -0.2) is 0 Å². The van der Waals surface area contributed by atoms with E-state index in [9.17, 15) is 4.79 Å². The van der Waals surface area contributed by atoms with Crippen LogP contribution in [0.5, 0.6) is 11.5 Å². The molecule has 3 heterocycles. The predicted octanol–water partition coefficient (Wildman–Crippen LogP) is 5.34. The van der Waals surface area contributed by atoms with Gasteiger partial charge in [-0.2, -0.15) is 0 Å². The number of amides is 1. The topological polar surface area (TPSA) is 42.0 Å². The molecular formula is C28H34N2O3. The van der Waals surface area contributed by atoms with E-state index in [1.807, 2.05) is 41.3 Å². The predicted molar refractivity (Wildman–Crippen MR) is 133 cm³/mol. The highest BCUT2D eigenvalue weighted by atomic mass is 16.5. The minimum atomic E-state index is -0.0297. The Balaban J connectivity index is 1.67. The lowest BCUT2D eigenvalue weighted by Crippen LogP contribution is -2.35. The van der Waals surface area contributed by atoms with Crippen molar-refractivity contribution in [3.05, 3.63) is 77.2 Å². The molecule has 3 aliphatic heterocycles. The summed E-state index contributed by atoms with van der Waals surface area (Å²) in [5.74, 6) is 1.78. The van der Waals surface area contributed by atoms with Gasteiger partial charge in [0.2, 0.25) is 0 Å².